The highest BCUT2D eigenvalue weighted by Gasteiger charge is 2.22. The molecule has 0 fully saturated rings. The Kier molecular flexibility index (Phi) is 3.51. The van der Waals surface area contributed by atoms with Gasteiger partial charge in [-0.1, -0.05) is 12.1 Å². The molecule has 0 atom stereocenters. The number of nitrogens with zero attached hydrogens (tertiary/aromatic N) is 1. The van der Waals surface area contributed by atoms with Gasteiger partial charge in [0.2, 0.25) is 5.78 Å². The van der Waals surface area contributed by atoms with E-state index in [1.165, 1.54) is 42.7 Å². The largest absolute Gasteiger partial charge is 0.461 e. The van der Waals surface area contributed by atoms with E-state index in [0.717, 1.165) is 0 Å². The van der Waals surface area contributed by atoms with Gasteiger partial charge in [0, 0.05) is 6.07 Å². The van der Waals surface area contributed by atoms with Gasteiger partial charge in [-0.3, -0.25) is 19.7 Å². The molecule has 0 radical (unpaired) electrons. The number of nitro groups is 1. The molecule has 0 aliphatic heterocycles. The summed E-state index contributed by atoms with van der Waals surface area (Å²) in [5.74, 6) is -1.05. The molecule has 1 aromatic carbocycles. The lowest BCUT2D eigenvalue weighted by atomic mass is 10.0. The van der Waals surface area contributed by atoms with Gasteiger partial charge >= 0.3 is 0 Å². The van der Waals surface area contributed by atoms with E-state index in [4.69, 9.17) is 4.42 Å². The molecule has 1 aromatic heterocycles. The number of Topliss-reactive ketones (excluding diaryl/α,β-unsaturated/α-hetero) is 2. The fourth-order valence-electron chi connectivity index (χ4n) is 1.63. The molecule has 0 aliphatic carbocycles. The number of nitro benzene ring substituents is 1. The number of carbonyl (C=O) groups excluding carboxylic acids is 2. The minimum atomic E-state index is -0.648. The maximum atomic E-state index is 11.9. The molecular weight excluding hydrogens is 250 g/mol. The summed E-state index contributed by atoms with van der Waals surface area (Å²) in [6, 6.07) is 8.50. The van der Waals surface area contributed by atoms with Gasteiger partial charge in [0.15, 0.2) is 11.5 Å². The Morgan fingerprint density at radius 2 is 1.84 bits per heavy atom. The summed E-state index contributed by atoms with van der Waals surface area (Å²) in [5, 5.41) is 10.8. The zero-order valence-electron chi connectivity index (χ0n) is 9.74. The highest BCUT2D eigenvalue weighted by atomic mass is 16.6. The molecule has 0 unspecified atom stereocenters. The molecule has 0 saturated carbocycles. The second kappa shape index (κ2) is 5.26. The maximum Gasteiger partial charge on any atom is 0.280 e. The molecule has 0 saturated heterocycles. The van der Waals surface area contributed by atoms with Gasteiger partial charge in [-0.05, 0) is 18.2 Å². The lowest BCUT2D eigenvalue weighted by molar-refractivity contribution is -0.385. The van der Waals surface area contributed by atoms with Crippen molar-refractivity contribution in [3.63, 3.8) is 0 Å². The number of benzene rings is 1. The van der Waals surface area contributed by atoms with Gasteiger partial charge < -0.3 is 4.42 Å². The zero-order chi connectivity index (χ0) is 13.8. The molecule has 2 rings (SSSR count). The molecule has 6 nitrogen and oxygen atoms in total. The minimum absolute atomic E-state index is 0.0620. The van der Waals surface area contributed by atoms with Gasteiger partial charge in [-0.25, -0.2) is 0 Å². The molecular formula is C13H9NO5. The van der Waals surface area contributed by atoms with E-state index in [9.17, 15) is 19.7 Å². The third-order valence-electron chi connectivity index (χ3n) is 2.52. The molecule has 6 heteroatoms. The number of rotatable bonds is 5. The highest BCUT2D eigenvalue weighted by Crippen LogP contribution is 2.20. The fraction of sp³-hybridized carbons (Fsp3) is 0.0769. The predicted octanol–water partition coefficient (Wildman–Crippen LogP) is 2.64. The Labute approximate surface area is 107 Å². The van der Waals surface area contributed by atoms with Crippen molar-refractivity contribution in [3.8, 4) is 0 Å². The van der Waals surface area contributed by atoms with Crippen LogP contribution in [0, 0.1) is 10.1 Å². The number of ketones is 2. The maximum absolute atomic E-state index is 11.9. The van der Waals surface area contributed by atoms with Crippen LogP contribution in [-0.2, 0) is 0 Å². The van der Waals surface area contributed by atoms with E-state index in [-0.39, 0.29) is 17.0 Å². The first-order valence-corrected chi connectivity index (χ1v) is 5.43. The molecule has 96 valence electrons. The fourth-order valence-corrected chi connectivity index (χ4v) is 1.63. The summed E-state index contributed by atoms with van der Waals surface area (Å²) < 4.78 is 4.87. The van der Waals surface area contributed by atoms with E-state index >= 15 is 0 Å². The Hall–Kier alpha value is -2.76. The van der Waals surface area contributed by atoms with Crippen molar-refractivity contribution in [3.05, 3.63) is 64.1 Å². The van der Waals surface area contributed by atoms with Crippen molar-refractivity contribution in [1.29, 1.82) is 0 Å². The van der Waals surface area contributed by atoms with Gasteiger partial charge in [0.25, 0.3) is 5.69 Å². The topological polar surface area (TPSA) is 90.4 Å². The van der Waals surface area contributed by atoms with E-state index in [1.54, 1.807) is 0 Å². The predicted molar refractivity (Wildman–Crippen MR) is 65.1 cm³/mol. The average molecular weight is 259 g/mol. The summed E-state index contributed by atoms with van der Waals surface area (Å²) >= 11 is 0. The first kappa shape index (κ1) is 12.7. The van der Waals surface area contributed by atoms with Crippen LogP contribution in [0.4, 0.5) is 5.69 Å². The van der Waals surface area contributed by atoms with Crippen LogP contribution in [0.15, 0.2) is 47.1 Å². The van der Waals surface area contributed by atoms with Gasteiger partial charge in [0.05, 0.1) is 23.2 Å². The zero-order valence-corrected chi connectivity index (χ0v) is 9.74. The summed E-state index contributed by atoms with van der Waals surface area (Å²) in [6.45, 7) is 0. The second-order valence-corrected chi connectivity index (χ2v) is 3.77. The standard InChI is InChI=1S/C13H9NO5/c15-11(8-12(16)13-6-3-7-19-13)9-4-1-2-5-10(9)14(17)18/h1-7H,8H2. The number of para-hydroxylation sites is 1. The van der Waals surface area contributed by atoms with Crippen molar-refractivity contribution < 1.29 is 18.9 Å². The summed E-state index contributed by atoms with van der Waals surface area (Å²) in [4.78, 5) is 33.7. The number of carbonyl (C=O) groups is 2. The molecule has 0 bridgehead atoms. The van der Waals surface area contributed by atoms with E-state index in [0.29, 0.717) is 0 Å². The van der Waals surface area contributed by atoms with Crippen LogP contribution in [0.25, 0.3) is 0 Å². The first-order chi connectivity index (χ1) is 9.09. The Balaban J connectivity index is 2.21. The van der Waals surface area contributed by atoms with Crippen LogP contribution in [0.5, 0.6) is 0 Å². The van der Waals surface area contributed by atoms with Crippen molar-refractivity contribution in [2.45, 2.75) is 6.42 Å². The second-order valence-electron chi connectivity index (χ2n) is 3.77. The monoisotopic (exact) mass is 259 g/mol. The van der Waals surface area contributed by atoms with Crippen molar-refractivity contribution in [2.75, 3.05) is 0 Å². The Morgan fingerprint density at radius 3 is 2.47 bits per heavy atom. The lowest BCUT2D eigenvalue weighted by Gasteiger charge is -2.00. The smallest absolute Gasteiger partial charge is 0.280 e. The van der Waals surface area contributed by atoms with Crippen molar-refractivity contribution >= 4 is 17.3 Å². The van der Waals surface area contributed by atoms with Crippen molar-refractivity contribution in [1.82, 2.24) is 0 Å². The van der Waals surface area contributed by atoms with Crippen LogP contribution >= 0.6 is 0 Å². The normalized spacial score (nSPS) is 10.1. The number of furan rings is 1. The highest BCUT2D eigenvalue weighted by molar-refractivity contribution is 6.13. The average Bonchev–Trinajstić information content (AvgIpc) is 2.92. The third-order valence-corrected chi connectivity index (χ3v) is 2.52. The van der Waals surface area contributed by atoms with Gasteiger partial charge in [0.1, 0.15) is 0 Å². The van der Waals surface area contributed by atoms with E-state index in [1.807, 2.05) is 0 Å². The van der Waals surface area contributed by atoms with E-state index < -0.39 is 22.9 Å². The Morgan fingerprint density at radius 1 is 1.11 bits per heavy atom. The molecule has 0 amide bonds. The minimum Gasteiger partial charge on any atom is -0.461 e. The van der Waals surface area contributed by atoms with Crippen molar-refractivity contribution in [2.24, 2.45) is 0 Å². The van der Waals surface area contributed by atoms with E-state index in [2.05, 4.69) is 0 Å². The van der Waals surface area contributed by atoms with Gasteiger partial charge in [-0.15, -0.1) is 0 Å². The first-order valence-electron chi connectivity index (χ1n) is 5.43. The third kappa shape index (κ3) is 2.74. The van der Waals surface area contributed by atoms with Crippen LogP contribution in [0.1, 0.15) is 27.3 Å². The van der Waals surface area contributed by atoms with Crippen LogP contribution in [0.3, 0.4) is 0 Å². The quantitative estimate of drug-likeness (QED) is 0.356. The molecule has 0 aliphatic rings. The lowest BCUT2D eigenvalue weighted by Crippen LogP contribution is -2.10. The number of hydrogen-bond acceptors (Lipinski definition) is 5. The molecule has 2 aromatic rings. The van der Waals surface area contributed by atoms with Crippen LogP contribution in [0.2, 0.25) is 0 Å². The Bertz CT molecular complexity index is 630. The van der Waals surface area contributed by atoms with Crippen LogP contribution < -0.4 is 0 Å². The molecule has 19 heavy (non-hydrogen) atoms. The summed E-state index contributed by atoms with van der Waals surface area (Å²) in [5.41, 5.74) is -0.382. The summed E-state index contributed by atoms with van der Waals surface area (Å²) in [7, 11) is 0. The summed E-state index contributed by atoms with van der Waals surface area (Å²) in [6.07, 6.45) is 0.862. The van der Waals surface area contributed by atoms with Gasteiger partial charge in [-0.2, -0.15) is 0 Å². The molecule has 0 spiro atoms. The SMILES string of the molecule is O=C(CC(=O)c1ccccc1[N+](=O)[O-])c1ccco1. The van der Waals surface area contributed by atoms with Crippen LogP contribution in [-0.4, -0.2) is 16.5 Å². The molecule has 0 N–H and O–H groups in total. The molecule has 1 heterocycles. The number of hydrogen-bond donors (Lipinski definition) is 0.